The number of rotatable bonds is 5. The summed E-state index contributed by atoms with van der Waals surface area (Å²) in [6, 6.07) is 19.3. The normalized spacial score (nSPS) is 10.3. The van der Waals surface area contributed by atoms with Gasteiger partial charge >= 0.3 is 0 Å². The second-order valence-electron chi connectivity index (χ2n) is 5.47. The summed E-state index contributed by atoms with van der Waals surface area (Å²) in [5, 5.41) is 12.9. The fourth-order valence-electron chi connectivity index (χ4n) is 2.44. The highest BCUT2D eigenvalue weighted by molar-refractivity contribution is 8.00. The Bertz CT molecular complexity index is 938. The summed E-state index contributed by atoms with van der Waals surface area (Å²) in [6.07, 6.45) is 1.92. The van der Waals surface area contributed by atoms with Crippen LogP contribution >= 0.6 is 23.1 Å². The molecular weight excluding hydrogens is 348 g/mol. The Labute approximate surface area is 155 Å². The van der Waals surface area contributed by atoms with Crippen molar-refractivity contribution in [2.75, 3.05) is 11.6 Å². The lowest BCUT2D eigenvalue weighted by atomic mass is 10.1. The number of carbonyl (C=O) groups excluding carboxylic acids is 1. The smallest absolute Gasteiger partial charge is 0.205 e. The fourth-order valence-corrected chi connectivity index (χ4v) is 4.27. The van der Waals surface area contributed by atoms with Gasteiger partial charge in [-0.3, -0.25) is 4.79 Å². The van der Waals surface area contributed by atoms with Gasteiger partial charge in [0.2, 0.25) is 5.78 Å². The molecule has 0 fully saturated rings. The van der Waals surface area contributed by atoms with Crippen LogP contribution in [0.2, 0.25) is 0 Å². The number of benzene rings is 2. The molecular formula is C20H16N2OS2. The van der Waals surface area contributed by atoms with Gasteiger partial charge in [0.15, 0.2) is 0 Å². The van der Waals surface area contributed by atoms with Crippen LogP contribution in [0.4, 0.5) is 11.4 Å². The van der Waals surface area contributed by atoms with Crippen LogP contribution in [0.25, 0.3) is 0 Å². The minimum Gasteiger partial charge on any atom is -0.353 e. The molecule has 0 unspecified atom stereocenters. The van der Waals surface area contributed by atoms with Gasteiger partial charge in [-0.2, -0.15) is 5.26 Å². The largest absolute Gasteiger partial charge is 0.353 e. The van der Waals surface area contributed by atoms with Crippen LogP contribution in [0, 0.1) is 18.3 Å². The molecule has 1 N–H and O–H groups in total. The van der Waals surface area contributed by atoms with E-state index in [9.17, 15) is 10.1 Å². The molecule has 124 valence electrons. The van der Waals surface area contributed by atoms with Crippen molar-refractivity contribution in [3.8, 4) is 6.07 Å². The number of hydrogen-bond donors (Lipinski definition) is 1. The topological polar surface area (TPSA) is 52.9 Å². The zero-order valence-electron chi connectivity index (χ0n) is 13.9. The average molecular weight is 364 g/mol. The highest BCUT2D eigenvalue weighted by Crippen LogP contribution is 2.41. The van der Waals surface area contributed by atoms with Crippen molar-refractivity contribution in [1.29, 1.82) is 5.26 Å². The Hall–Kier alpha value is -2.55. The summed E-state index contributed by atoms with van der Waals surface area (Å²) in [4.78, 5) is 13.5. The Balaban J connectivity index is 2.08. The van der Waals surface area contributed by atoms with E-state index in [2.05, 4.69) is 11.4 Å². The number of nitriles is 1. The maximum Gasteiger partial charge on any atom is 0.205 e. The van der Waals surface area contributed by atoms with E-state index < -0.39 is 0 Å². The fraction of sp³-hybridized carbons (Fsp3) is 0.100. The Morgan fingerprint density at radius 1 is 1.12 bits per heavy atom. The van der Waals surface area contributed by atoms with Crippen LogP contribution in [-0.4, -0.2) is 12.0 Å². The molecule has 25 heavy (non-hydrogen) atoms. The average Bonchev–Trinajstić information content (AvgIpc) is 3.01. The van der Waals surface area contributed by atoms with Crippen LogP contribution in [0.1, 0.15) is 26.4 Å². The number of hydrogen-bond acceptors (Lipinski definition) is 5. The quantitative estimate of drug-likeness (QED) is 0.471. The molecule has 0 saturated carbocycles. The summed E-state index contributed by atoms with van der Waals surface area (Å²) in [6.45, 7) is 2.02. The summed E-state index contributed by atoms with van der Waals surface area (Å²) in [5.74, 6) is -0.0722. The van der Waals surface area contributed by atoms with E-state index in [1.807, 2.05) is 55.6 Å². The number of anilines is 2. The highest BCUT2D eigenvalue weighted by Gasteiger charge is 2.23. The standard InChI is InChI=1S/C20H16N2OS2/c1-13-8-10-15(11-9-13)22-17-16(12-21)20(24-2)25-19(17)18(23)14-6-4-3-5-7-14/h3-11,22H,1-2H3. The first-order valence-corrected chi connectivity index (χ1v) is 9.72. The van der Waals surface area contributed by atoms with Gasteiger partial charge < -0.3 is 5.32 Å². The molecule has 3 nitrogen and oxygen atoms in total. The predicted molar refractivity (Wildman–Crippen MR) is 105 cm³/mol. The van der Waals surface area contributed by atoms with Crippen molar-refractivity contribution in [2.45, 2.75) is 11.1 Å². The van der Waals surface area contributed by atoms with Crippen LogP contribution in [-0.2, 0) is 0 Å². The zero-order chi connectivity index (χ0) is 17.8. The summed E-state index contributed by atoms with van der Waals surface area (Å²) < 4.78 is 0.844. The van der Waals surface area contributed by atoms with E-state index in [4.69, 9.17) is 0 Å². The molecule has 0 atom stereocenters. The minimum atomic E-state index is -0.0722. The molecule has 0 spiro atoms. The molecule has 1 heterocycles. The summed E-state index contributed by atoms with van der Waals surface area (Å²) >= 11 is 2.85. The monoisotopic (exact) mass is 364 g/mol. The van der Waals surface area contributed by atoms with Gasteiger partial charge in [-0.15, -0.1) is 23.1 Å². The Kier molecular flexibility index (Phi) is 5.22. The van der Waals surface area contributed by atoms with Crippen molar-refractivity contribution in [3.63, 3.8) is 0 Å². The third-order valence-corrected chi connectivity index (χ3v) is 6.04. The lowest BCUT2D eigenvalue weighted by Gasteiger charge is -2.08. The SMILES string of the molecule is CSc1sc(C(=O)c2ccccc2)c(Nc2ccc(C)cc2)c1C#N. The van der Waals surface area contributed by atoms with E-state index in [1.54, 1.807) is 12.1 Å². The first kappa shape index (κ1) is 17.3. The van der Waals surface area contributed by atoms with Crippen molar-refractivity contribution in [2.24, 2.45) is 0 Å². The summed E-state index contributed by atoms with van der Waals surface area (Å²) in [7, 11) is 0. The predicted octanol–water partition coefficient (Wildman–Crippen LogP) is 5.62. The molecule has 0 amide bonds. The molecule has 3 rings (SSSR count). The third-order valence-electron chi connectivity index (χ3n) is 3.74. The molecule has 1 aromatic heterocycles. The van der Waals surface area contributed by atoms with E-state index in [0.717, 1.165) is 15.5 Å². The molecule has 0 saturated heterocycles. The van der Waals surface area contributed by atoms with E-state index >= 15 is 0 Å². The number of nitrogens with zero attached hydrogens (tertiary/aromatic N) is 1. The molecule has 0 aliphatic heterocycles. The van der Waals surface area contributed by atoms with Crippen LogP contribution in [0.3, 0.4) is 0 Å². The second kappa shape index (κ2) is 7.56. The number of thiophene rings is 1. The highest BCUT2D eigenvalue weighted by atomic mass is 32.2. The van der Waals surface area contributed by atoms with Gasteiger partial charge in [0.05, 0.1) is 9.90 Å². The van der Waals surface area contributed by atoms with Crippen molar-refractivity contribution >= 4 is 40.3 Å². The first-order valence-electron chi connectivity index (χ1n) is 7.68. The lowest BCUT2D eigenvalue weighted by molar-refractivity contribution is 0.104. The van der Waals surface area contributed by atoms with Gasteiger partial charge in [0, 0.05) is 11.3 Å². The van der Waals surface area contributed by atoms with E-state index in [-0.39, 0.29) is 5.78 Å². The zero-order valence-corrected chi connectivity index (χ0v) is 15.5. The minimum absolute atomic E-state index is 0.0722. The van der Waals surface area contributed by atoms with Gasteiger partial charge in [-0.25, -0.2) is 0 Å². The molecule has 0 bridgehead atoms. The summed E-state index contributed by atoms with van der Waals surface area (Å²) in [5.41, 5.74) is 3.75. The van der Waals surface area contributed by atoms with Gasteiger partial charge in [-0.1, -0.05) is 48.0 Å². The van der Waals surface area contributed by atoms with Crippen molar-refractivity contribution < 1.29 is 4.79 Å². The van der Waals surface area contributed by atoms with E-state index in [0.29, 0.717) is 21.7 Å². The van der Waals surface area contributed by atoms with Crippen molar-refractivity contribution in [3.05, 3.63) is 76.2 Å². The maximum absolute atomic E-state index is 13.0. The number of ketones is 1. The van der Waals surface area contributed by atoms with Crippen LogP contribution < -0.4 is 5.32 Å². The molecule has 5 heteroatoms. The van der Waals surface area contributed by atoms with Gasteiger partial charge in [0.25, 0.3) is 0 Å². The lowest BCUT2D eigenvalue weighted by Crippen LogP contribution is -2.03. The first-order chi connectivity index (χ1) is 12.1. The van der Waals surface area contributed by atoms with Gasteiger partial charge in [0.1, 0.15) is 16.5 Å². The molecule has 0 aliphatic carbocycles. The van der Waals surface area contributed by atoms with Crippen LogP contribution in [0.5, 0.6) is 0 Å². The van der Waals surface area contributed by atoms with Gasteiger partial charge in [-0.05, 0) is 25.3 Å². The number of thioether (sulfide) groups is 1. The molecule has 3 aromatic rings. The van der Waals surface area contributed by atoms with Crippen LogP contribution in [0.15, 0.2) is 58.8 Å². The number of nitrogens with one attached hydrogen (secondary N) is 1. The van der Waals surface area contributed by atoms with E-state index in [1.165, 1.54) is 23.1 Å². The number of carbonyl (C=O) groups is 1. The molecule has 0 aliphatic rings. The Morgan fingerprint density at radius 3 is 2.40 bits per heavy atom. The number of aryl methyl sites for hydroxylation is 1. The molecule has 2 aromatic carbocycles. The second-order valence-corrected chi connectivity index (χ2v) is 7.57. The molecule has 0 radical (unpaired) electrons. The maximum atomic E-state index is 13.0. The van der Waals surface area contributed by atoms with Crippen molar-refractivity contribution in [1.82, 2.24) is 0 Å². The third kappa shape index (κ3) is 3.60. The Morgan fingerprint density at radius 2 is 1.80 bits per heavy atom.